The van der Waals surface area contributed by atoms with Crippen LogP contribution in [-0.4, -0.2) is 53.6 Å². The summed E-state index contributed by atoms with van der Waals surface area (Å²) in [5, 5.41) is 4.02. The van der Waals surface area contributed by atoms with Crippen LogP contribution in [0.3, 0.4) is 0 Å². The summed E-state index contributed by atoms with van der Waals surface area (Å²) in [4.78, 5) is 16.4. The Hall–Kier alpha value is -2.34. The maximum absolute atomic E-state index is 12.3. The maximum atomic E-state index is 12.3. The molecular formula is C18H23N3O3. The summed E-state index contributed by atoms with van der Waals surface area (Å²) in [7, 11) is 0. The number of hydrogen-bond donors (Lipinski definition) is 0. The molecule has 6 heteroatoms. The largest absolute Gasteiger partial charge is 0.484 e. The van der Waals surface area contributed by atoms with Gasteiger partial charge in [-0.25, -0.2) is 0 Å². The van der Waals surface area contributed by atoms with Gasteiger partial charge in [-0.3, -0.25) is 9.69 Å². The second kappa shape index (κ2) is 7.49. The molecule has 0 atom stereocenters. The first-order valence-corrected chi connectivity index (χ1v) is 8.22. The summed E-state index contributed by atoms with van der Waals surface area (Å²) >= 11 is 0. The van der Waals surface area contributed by atoms with Gasteiger partial charge in [0.05, 0.1) is 5.69 Å². The fourth-order valence-corrected chi connectivity index (χ4v) is 2.75. The fraction of sp³-hybridized carbons (Fsp3) is 0.444. The molecule has 0 radical (unpaired) electrons. The summed E-state index contributed by atoms with van der Waals surface area (Å²) < 4.78 is 10.7. The minimum Gasteiger partial charge on any atom is -0.484 e. The SMILES string of the molecule is Cc1ccc(OCC(=O)N2CCN(Cc3cc(C)on3)CC2)cc1. The zero-order valence-corrected chi connectivity index (χ0v) is 14.2. The standard InChI is InChI=1S/C18H23N3O3/c1-14-3-5-17(6-4-14)23-13-18(22)21-9-7-20(8-10-21)12-16-11-15(2)24-19-16/h3-6,11H,7-10,12-13H2,1-2H3. The van der Waals surface area contributed by atoms with E-state index in [1.807, 2.05) is 49.1 Å². The van der Waals surface area contributed by atoms with Crippen molar-refractivity contribution in [2.45, 2.75) is 20.4 Å². The smallest absolute Gasteiger partial charge is 0.260 e. The molecule has 0 bridgehead atoms. The van der Waals surface area contributed by atoms with Gasteiger partial charge in [-0.15, -0.1) is 0 Å². The predicted octanol–water partition coefficient (Wildman–Crippen LogP) is 2.01. The van der Waals surface area contributed by atoms with Gasteiger partial charge < -0.3 is 14.2 Å². The number of amides is 1. The zero-order chi connectivity index (χ0) is 16.9. The molecule has 0 aliphatic carbocycles. The minimum absolute atomic E-state index is 0.0347. The maximum Gasteiger partial charge on any atom is 0.260 e. The number of piperazine rings is 1. The Balaban J connectivity index is 1.42. The molecule has 2 heterocycles. The first kappa shape index (κ1) is 16.5. The first-order chi connectivity index (χ1) is 11.6. The van der Waals surface area contributed by atoms with Crippen LogP contribution in [0.25, 0.3) is 0 Å². The highest BCUT2D eigenvalue weighted by atomic mass is 16.5. The molecule has 1 aliphatic heterocycles. The molecular weight excluding hydrogens is 306 g/mol. The van der Waals surface area contributed by atoms with Gasteiger partial charge in [0.2, 0.25) is 0 Å². The van der Waals surface area contributed by atoms with Crippen molar-refractivity contribution in [1.29, 1.82) is 0 Å². The van der Waals surface area contributed by atoms with E-state index in [4.69, 9.17) is 9.26 Å². The van der Waals surface area contributed by atoms with Crippen LogP contribution in [-0.2, 0) is 11.3 Å². The molecule has 0 N–H and O–H groups in total. The van der Waals surface area contributed by atoms with E-state index in [9.17, 15) is 4.79 Å². The van der Waals surface area contributed by atoms with Crippen molar-refractivity contribution in [3.63, 3.8) is 0 Å². The van der Waals surface area contributed by atoms with Crippen LogP contribution in [0.15, 0.2) is 34.9 Å². The normalized spacial score (nSPS) is 15.5. The van der Waals surface area contributed by atoms with Crippen LogP contribution in [0, 0.1) is 13.8 Å². The Labute approximate surface area is 142 Å². The average molecular weight is 329 g/mol. The van der Waals surface area contributed by atoms with Crippen molar-refractivity contribution in [1.82, 2.24) is 15.0 Å². The van der Waals surface area contributed by atoms with Gasteiger partial charge in [0.1, 0.15) is 11.5 Å². The monoisotopic (exact) mass is 329 g/mol. The summed E-state index contributed by atoms with van der Waals surface area (Å²) in [6, 6.07) is 9.68. The Morgan fingerprint density at radius 2 is 1.88 bits per heavy atom. The lowest BCUT2D eigenvalue weighted by atomic mass is 10.2. The third-order valence-corrected chi connectivity index (χ3v) is 4.17. The molecule has 1 amide bonds. The van der Waals surface area contributed by atoms with Gasteiger partial charge in [-0.2, -0.15) is 0 Å². The number of aromatic nitrogens is 1. The van der Waals surface area contributed by atoms with Crippen LogP contribution >= 0.6 is 0 Å². The Morgan fingerprint density at radius 3 is 2.50 bits per heavy atom. The van der Waals surface area contributed by atoms with E-state index in [0.717, 1.165) is 36.8 Å². The minimum atomic E-state index is 0.0347. The summed E-state index contributed by atoms with van der Waals surface area (Å²) in [6.45, 7) is 7.87. The molecule has 1 saturated heterocycles. The van der Waals surface area contributed by atoms with E-state index in [-0.39, 0.29) is 12.5 Å². The van der Waals surface area contributed by atoms with Crippen molar-refractivity contribution in [3.05, 3.63) is 47.3 Å². The molecule has 0 saturated carbocycles. The average Bonchev–Trinajstić information content (AvgIpc) is 2.99. The lowest BCUT2D eigenvalue weighted by Crippen LogP contribution is -2.49. The Morgan fingerprint density at radius 1 is 1.17 bits per heavy atom. The first-order valence-electron chi connectivity index (χ1n) is 8.22. The third-order valence-electron chi connectivity index (χ3n) is 4.17. The number of aryl methyl sites for hydroxylation is 2. The molecule has 6 nitrogen and oxygen atoms in total. The molecule has 24 heavy (non-hydrogen) atoms. The Kier molecular flexibility index (Phi) is 5.15. The van der Waals surface area contributed by atoms with Crippen LogP contribution in [0.4, 0.5) is 0 Å². The quantitative estimate of drug-likeness (QED) is 0.840. The second-order valence-electron chi connectivity index (χ2n) is 6.19. The topological polar surface area (TPSA) is 58.8 Å². The number of ether oxygens (including phenoxy) is 1. The number of nitrogens with zero attached hydrogens (tertiary/aromatic N) is 3. The van der Waals surface area contributed by atoms with Crippen LogP contribution in [0.2, 0.25) is 0 Å². The van der Waals surface area contributed by atoms with Crippen molar-refractivity contribution in [2.24, 2.45) is 0 Å². The van der Waals surface area contributed by atoms with Crippen LogP contribution in [0.5, 0.6) is 5.75 Å². The molecule has 3 rings (SSSR count). The molecule has 1 fully saturated rings. The summed E-state index contributed by atoms with van der Waals surface area (Å²) in [5.41, 5.74) is 2.11. The number of carbonyl (C=O) groups is 1. The lowest BCUT2D eigenvalue weighted by molar-refractivity contribution is -0.135. The molecule has 1 aromatic carbocycles. The highest BCUT2D eigenvalue weighted by Crippen LogP contribution is 2.12. The highest BCUT2D eigenvalue weighted by molar-refractivity contribution is 5.77. The van der Waals surface area contributed by atoms with E-state index in [1.54, 1.807) is 0 Å². The molecule has 2 aromatic rings. The van der Waals surface area contributed by atoms with Crippen LogP contribution < -0.4 is 4.74 Å². The predicted molar refractivity (Wildman–Crippen MR) is 89.8 cm³/mol. The van der Waals surface area contributed by atoms with E-state index >= 15 is 0 Å². The lowest BCUT2D eigenvalue weighted by Gasteiger charge is -2.34. The molecule has 0 unspecified atom stereocenters. The van der Waals surface area contributed by atoms with Gasteiger partial charge in [0.25, 0.3) is 5.91 Å². The van der Waals surface area contributed by atoms with E-state index in [1.165, 1.54) is 5.56 Å². The third kappa shape index (κ3) is 4.35. The van der Waals surface area contributed by atoms with E-state index in [0.29, 0.717) is 13.1 Å². The molecule has 128 valence electrons. The van der Waals surface area contributed by atoms with Crippen molar-refractivity contribution in [3.8, 4) is 5.75 Å². The number of carbonyl (C=O) groups excluding carboxylic acids is 1. The van der Waals surface area contributed by atoms with Gasteiger partial charge in [0, 0.05) is 38.8 Å². The zero-order valence-electron chi connectivity index (χ0n) is 14.2. The van der Waals surface area contributed by atoms with E-state index < -0.39 is 0 Å². The van der Waals surface area contributed by atoms with Crippen LogP contribution in [0.1, 0.15) is 17.0 Å². The van der Waals surface area contributed by atoms with E-state index in [2.05, 4.69) is 10.1 Å². The van der Waals surface area contributed by atoms with Gasteiger partial charge in [-0.1, -0.05) is 22.9 Å². The van der Waals surface area contributed by atoms with Gasteiger partial charge in [-0.05, 0) is 26.0 Å². The van der Waals surface area contributed by atoms with Crippen molar-refractivity contribution >= 4 is 5.91 Å². The fourth-order valence-electron chi connectivity index (χ4n) is 2.75. The molecule has 1 aromatic heterocycles. The highest BCUT2D eigenvalue weighted by Gasteiger charge is 2.22. The van der Waals surface area contributed by atoms with Crippen molar-refractivity contribution < 1.29 is 14.1 Å². The van der Waals surface area contributed by atoms with Gasteiger partial charge >= 0.3 is 0 Å². The summed E-state index contributed by atoms with van der Waals surface area (Å²) in [5.74, 6) is 1.59. The number of rotatable bonds is 5. The number of hydrogen-bond acceptors (Lipinski definition) is 5. The number of benzene rings is 1. The molecule has 0 spiro atoms. The Bertz CT molecular complexity index is 673. The summed E-state index contributed by atoms with van der Waals surface area (Å²) in [6.07, 6.45) is 0. The van der Waals surface area contributed by atoms with Gasteiger partial charge in [0.15, 0.2) is 6.61 Å². The second-order valence-corrected chi connectivity index (χ2v) is 6.19. The van der Waals surface area contributed by atoms with Crippen molar-refractivity contribution in [2.75, 3.05) is 32.8 Å². The molecule has 1 aliphatic rings.